The molecule has 0 amide bonds. The molecule has 1 saturated carbocycles. The van der Waals surface area contributed by atoms with Crippen LogP contribution in [0.3, 0.4) is 0 Å². The standard InChI is InChI=1S/C28H24FN7O/c1-16-19(11-30)5-4-6-22(16)17(2)33-26-23-14-36(28(15-29)9-10-28)27(37)24(25(23)34-18(3)35-26)20-7-8-21(12-31)32-13-20/h4-8,13-14,17H,9-10,15H2,1-3H3,(H,33,34,35)/t17-/m1/s1. The molecule has 8 nitrogen and oxygen atoms in total. The SMILES string of the molecule is Cc1nc(N[C@H](C)c2cccc(C#N)c2C)c2cn(C3(CF)CC3)c(=O)c(-c3ccc(C#N)nc3)c2n1. The minimum atomic E-state index is -0.883. The highest BCUT2D eigenvalue weighted by molar-refractivity contribution is 5.98. The number of nitrogens with one attached hydrogen (secondary N) is 1. The van der Waals surface area contributed by atoms with Gasteiger partial charge in [-0.25, -0.2) is 19.3 Å². The number of hydrogen-bond acceptors (Lipinski definition) is 7. The Labute approximate surface area is 213 Å². The molecule has 5 rings (SSSR count). The van der Waals surface area contributed by atoms with Crippen molar-refractivity contribution >= 4 is 16.7 Å². The molecule has 1 N–H and O–H groups in total. The topological polar surface area (TPSA) is 120 Å². The largest absolute Gasteiger partial charge is 0.363 e. The first kappa shape index (κ1) is 24.1. The number of fused-ring (bicyclic) bond motifs is 1. The second-order valence-electron chi connectivity index (χ2n) is 9.46. The van der Waals surface area contributed by atoms with Crippen LogP contribution in [0.15, 0.2) is 47.5 Å². The fraction of sp³-hybridized carbons (Fsp3) is 0.286. The van der Waals surface area contributed by atoms with Gasteiger partial charge in [0.15, 0.2) is 0 Å². The molecule has 3 aromatic heterocycles. The summed E-state index contributed by atoms with van der Waals surface area (Å²) in [6.07, 6.45) is 4.24. The summed E-state index contributed by atoms with van der Waals surface area (Å²) in [4.78, 5) is 27.2. The number of aromatic nitrogens is 4. The van der Waals surface area contributed by atoms with Crippen LogP contribution in [0.5, 0.6) is 0 Å². The molecule has 1 aliphatic carbocycles. The second-order valence-corrected chi connectivity index (χ2v) is 9.46. The molecule has 0 aliphatic heterocycles. The quantitative estimate of drug-likeness (QED) is 0.408. The number of alkyl halides is 1. The van der Waals surface area contributed by atoms with E-state index in [1.807, 2.05) is 32.0 Å². The highest BCUT2D eigenvalue weighted by Crippen LogP contribution is 2.44. The summed E-state index contributed by atoms with van der Waals surface area (Å²) < 4.78 is 15.6. The number of nitriles is 2. The molecular weight excluding hydrogens is 469 g/mol. The van der Waals surface area contributed by atoms with Crippen LogP contribution >= 0.6 is 0 Å². The van der Waals surface area contributed by atoms with Crippen LogP contribution in [0.1, 0.15) is 54.0 Å². The lowest BCUT2D eigenvalue weighted by molar-refractivity contribution is 0.331. The van der Waals surface area contributed by atoms with E-state index in [0.29, 0.717) is 46.5 Å². The zero-order chi connectivity index (χ0) is 26.3. The van der Waals surface area contributed by atoms with Crippen molar-refractivity contribution < 1.29 is 4.39 Å². The predicted molar refractivity (Wildman–Crippen MR) is 138 cm³/mol. The van der Waals surface area contributed by atoms with Gasteiger partial charge in [-0.3, -0.25) is 4.79 Å². The van der Waals surface area contributed by atoms with Crippen LogP contribution in [-0.2, 0) is 5.54 Å². The Balaban J connectivity index is 1.74. The van der Waals surface area contributed by atoms with Gasteiger partial charge in [-0.1, -0.05) is 12.1 Å². The van der Waals surface area contributed by atoms with Gasteiger partial charge in [0.25, 0.3) is 5.56 Å². The number of pyridine rings is 2. The van der Waals surface area contributed by atoms with Gasteiger partial charge in [0, 0.05) is 18.0 Å². The first-order valence-corrected chi connectivity index (χ1v) is 11.9. The molecule has 1 atom stereocenters. The fourth-order valence-corrected chi connectivity index (χ4v) is 4.74. The van der Waals surface area contributed by atoms with E-state index >= 15 is 0 Å². The van der Waals surface area contributed by atoms with E-state index in [2.05, 4.69) is 26.3 Å². The van der Waals surface area contributed by atoms with Crippen LogP contribution in [-0.4, -0.2) is 26.2 Å². The molecule has 1 aliphatic rings. The summed E-state index contributed by atoms with van der Waals surface area (Å²) in [5, 5.41) is 22.6. The van der Waals surface area contributed by atoms with Crippen molar-refractivity contribution in [1.29, 1.82) is 10.5 Å². The Morgan fingerprint density at radius 1 is 1.16 bits per heavy atom. The Morgan fingerprint density at radius 3 is 2.57 bits per heavy atom. The summed E-state index contributed by atoms with van der Waals surface area (Å²) in [5.41, 5.74) is 2.60. The lowest BCUT2D eigenvalue weighted by Gasteiger charge is -2.22. The predicted octanol–water partition coefficient (Wildman–Crippen LogP) is 4.85. The van der Waals surface area contributed by atoms with E-state index in [1.54, 1.807) is 31.3 Å². The average molecular weight is 494 g/mol. The van der Waals surface area contributed by atoms with Gasteiger partial charge in [-0.05, 0) is 62.9 Å². The van der Waals surface area contributed by atoms with Crippen molar-refractivity contribution in [3.05, 3.63) is 81.3 Å². The average Bonchev–Trinajstić information content (AvgIpc) is 3.70. The third kappa shape index (κ3) is 4.09. The molecule has 184 valence electrons. The van der Waals surface area contributed by atoms with Crippen molar-refractivity contribution in [2.45, 2.75) is 45.2 Å². The Bertz CT molecular complexity index is 1680. The normalized spacial score (nSPS) is 14.5. The molecule has 0 spiro atoms. The molecular formula is C28H24FN7O. The van der Waals surface area contributed by atoms with Gasteiger partial charge in [-0.2, -0.15) is 10.5 Å². The number of aryl methyl sites for hydroxylation is 1. The minimum Gasteiger partial charge on any atom is -0.363 e. The molecule has 9 heteroatoms. The summed E-state index contributed by atoms with van der Waals surface area (Å²) in [5.74, 6) is 0.958. The minimum absolute atomic E-state index is 0.220. The molecule has 37 heavy (non-hydrogen) atoms. The second kappa shape index (κ2) is 9.11. The molecule has 0 radical (unpaired) electrons. The van der Waals surface area contributed by atoms with E-state index in [-0.39, 0.29) is 22.9 Å². The number of rotatable bonds is 6. The Hall–Kier alpha value is -4.63. The van der Waals surface area contributed by atoms with Crippen molar-refractivity contribution in [3.8, 4) is 23.3 Å². The van der Waals surface area contributed by atoms with Gasteiger partial charge in [0.1, 0.15) is 30.1 Å². The van der Waals surface area contributed by atoms with Gasteiger partial charge >= 0.3 is 0 Å². The zero-order valence-electron chi connectivity index (χ0n) is 20.7. The molecule has 3 heterocycles. The van der Waals surface area contributed by atoms with Crippen LogP contribution in [0.4, 0.5) is 10.2 Å². The van der Waals surface area contributed by atoms with Crippen LogP contribution in [0, 0.1) is 36.5 Å². The Morgan fingerprint density at radius 2 is 1.95 bits per heavy atom. The lowest BCUT2D eigenvalue weighted by Crippen LogP contribution is -2.33. The summed E-state index contributed by atoms with van der Waals surface area (Å²) in [6, 6.07) is 12.7. The van der Waals surface area contributed by atoms with Gasteiger partial charge < -0.3 is 9.88 Å². The van der Waals surface area contributed by atoms with Crippen molar-refractivity contribution in [2.24, 2.45) is 0 Å². The summed E-state index contributed by atoms with van der Waals surface area (Å²) in [7, 11) is 0. The fourth-order valence-electron chi connectivity index (χ4n) is 4.74. The van der Waals surface area contributed by atoms with Gasteiger partial charge in [0.05, 0.1) is 39.7 Å². The smallest absolute Gasteiger partial charge is 0.261 e. The summed E-state index contributed by atoms with van der Waals surface area (Å²) >= 11 is 0. The monoisotopic (exact) mass is 493 g/mol. The molecule has 0 unspecified atom stereocenters. The lowest BCUT2D eigenvalue weighted by atomic mass is 9.98. The Kier molecular flexibility index (Phi) is 5.93. The molecule has 1 aromatic carbocycles. The third-order valence-corrected chi connectivity index (χ3v) is 7.05. The third-order valence-electron chi connectivity index (χ3n) is 7.05. The highest BCUT2D eigenvalue weighted by Gasteiger charge is 2.46. The van der Waals surface area contributed by atoms with Crippen molar-refractivity contribution in [2.75, 3.05) is 12.0 Å². The van der Waals surface area contributed by atoms with E-state index in [0.717, 1.165) is 11.1 Å². The van der Waals surface area contributed by atoms with E-state index in [4.69, 9.17) is 5.26 Å². The molecule has 0 bridgehead atoms. The first-order chi connectivity index (χ1) is 17.8. The summed E-state index contributed by atoms with van der Waals surface area (Å²) in [6.45, 7) is 4.96. The number of halogens is 1. The molecule has 1 fully saturated rings. The van der Waals surface area contributed by atoms with E-state index in [1.165, 1.54) is 10.8 Å². The van der Waals surface area contributed by atoms with Gasteiger partial charge in [0.2, 0.25) is 0 Å². The van der Waals surface area contributed by atoms with Crippen LogP contribution in [0.2, 0.25) is 0 Å². The number of anilines is 1. The van der Waals surface area contributed by atoms with Crippen LogP contribution < -0.4 is 10.9 Å². The van der Waals surface area contributed by atoms with Crippen molar-refractivity contribution in [3.63, 3.8) is 0 Å². The first-order valence-electron chi connectivity index (χ1n) is 11.9. The molecule has 0 saturated heterocycles. The molecule has 4 aromatic rings. The van der Waals surface area contributed by atoms with Crippen molar-refractivity contribution in [1.82, 2.24) is 19.5 Å². The number of benzene rings is 1. The maximum atomic E-state index is 14.2. The highest BCUT2D eigenvalue weighted by atomic mass is 19.1. The number of nitrogens with zero attached hydrogens (tertiary/aromatic N) is 6. The van der Waals surface area contributed by atoms with E-state index in [9.17, 15) is 14.4 Å². The number of hydrogen-bond donors (Lipinski definition) is 1. The maximum absolute atomic E-state index is 14.2. The van der Waals surface area contributed by atoms with Gasteiger partial charge in [-0.15, -0.1) is 0 Å². The van der Waals surface area contributed by atoms with E-state index < -0.39 is 12.2 Å². The maximum Gasteiger partial charge on any atom is 0.261 e. The zero-order valence-corrected chi connectivity index (χ0v) is 20.7. The van der Waals surface area contributed by atoms with Crippen LogP contribution in [0.25, 0.3) is 22.0 Å².